The van der Waals surface area contributed by atoms with Gasteiger partial charge in [0.05, 0.1) is 0 Å². The minimum absolute atomic E-state index is 0.467. The van der Waals surface area contributed by atoms with Crippen LogP contribution in [0, 0.1) is 5.92 Å². The summed E-state index contributed by atoms with van der Waals surface area (Å²) in [5.74, 6) is 0.619. The van der Waals surface area contributed by atoms with Crippen molar-refractivity contribution in [2.45, 2.75) is 26.8 Å². The van der Waals surface area contributed by atoms with Crippen molar-refractivity contribution in [1.29, 1.82) is 0 Å². The first-order valence-corrected chi connectivity index (χ1v) is 6.59. The smallest absolute Gasteiger partial charge is 0.0422 e. The molecule has 1 unspecified atom stereocenters. The van der Waals surface area contributed by atoms with Crippen molar-refractivity contribution < 1.29 is 0 Å². The van der Waals surface area contributed by atoms with Crippen LogP contribution < -0.4 is 5.32 Å². The fourth-order valence-corrected chi connectivity index (χ4v) is 1.89. The highest BCUT2D eigenvalue weighted by molar-refractivity contribution is 5.77. The lowest BCUT2D eigenvalue weighted by Gasteiger charge is -2.21. The van der Waals surface area contributed by atoms with Crippen LogP contribution >= 0.6 is 0 Å². The summed E-state index contributed by atoms with van der Waals surface area (Å²) in [4.78, 5) is 0. The second kappa shape index (κ2) is 5.72. The van der Waals surface area contributed by atoms with Gasteiger partial charge in [-0.3, -0.25) is 0 Å². The van der Waals surface area contributed by atoms with Crippen LogP contribution in [0.3, 0.4) is 0 Å². The van der Waals surface area contributed by atoms with Gasteiger partial charge in [0.15, 0.2) is 0 Å². The van der Waals surface area contributed by atoms with Gasteiger partial charge in [-0.1, -0.05) is 62.4 Å². The van der Waals surface area contributed by atoms with Gasteiger partial charge < -0.3 is 5.32 Å². The quantitative estimate of drug-likeness (QED) is 0.807. The Bertz CT molecular complexity index is 488. The molecule has 1 heteroatoms. The normalized spacial score (nSPS) is 12.4. The number of para-hydroxylation sites is 1. The van der Waals surface area contributed by atoms with E-state index in [1.54, 1.807) is 0 Å². The van der Waals surface area contributed by atoms with Gasteiger partial charge >= 0.3 is 0 Å². The molecule has 0 spiro atoms. The van der Waals surface area contributed by atoms with Gasteiger partial charge in [-0.2, -0.15) is 0 Å². The van der Waals surface area contributed by atoms with Crippen LogP contribution in [0.4, 0.5) is 5.69 Å². The molecule has 0 saturated heterocycles. The number of hydrogen-bond acceptors (Lipinski definition) is 1. The summed E-state index contributed by atoms with van der Waals surface area (Å²) >= 11 is 0. The minimum Gasteiger partial charge on any atom is -0.382 e. The van der Waals surface area contributed by atoms with E-state index in [-0.39, 0.29) is 0 Å². The monoisotopic (exact) mass is 239 g/mol. The molecular formula is C17H21N. The third kappa shape index (κ3) is 2.92. The van der Waals surface area contributed by atoms with E-state index in [4.69, 9.17) is 0 Å². The highest BCUT2D eigenvalue weighted by atomic mass is 14.9. The molecule has 0 saturated carbocycles. The van der Waals surface area contributed by atoms with Crippen molar-refractivity contribution in [1.82, 2.24) is 0 Å². The predicted octanol–water partition coefficient (Wildman–Crippen LogP) is 4.81. The number of anilines is 1. The standard InChI is InChI=1S/C17H21N/c1-13(2)14(3)18-17-12-8-7-11-16(17)15-9-5-4-6-10-15/h4-14,18H,1-3H3. The molecule has 2 rings (SSSR count). The zero-order valence-corrected chi connectivity index (χ0v) is 11.4. The fourth-order valence-electron chi connectivity index (χ4n) is 1.89. The molecule has 1 N–H and O–H groups in total. The number of nitrogens with one attached hydrogen (secondary N) is 1. The Morgan fingerprint density at radius 3 is 2.06 bits per heavy atom. The van der Waals surface area contributed by atoms with Gasteiger partial charge in [-0.05, 0) is 24.5 Å². The van der Waals surface area contributed by atoms with E-state index in [0.29, 0.717) is 12.0 Å². The van der Waals surface area contributed by atoms with Crippen molar-refractivity contribution in [3.05, 3.63) is 54.6 Å². The van der Waals surface area contributed by atoms with Crippen molar-refractivity contribution in [3.63, 3.8) is 0 Å². The molecule has 0 aromatic heterocycles. The minimum atomic E-state index is 0.467. The number of benzene rings is 2. The molecular weight excluding hydrogens is 218 g/mol. The van der Waals surface area contributed by atoms with Crippen LogP contribution in [0.5, 0.6) is 0 Å². The maximum atomic E-state index is 3.61. The summed E-state index contributed by atoms with van der Waals surface area (Å²) in [7, 11) is 0. The highest BCUT2D eigenvalue weighted by Crippen LogP contribution is 2.28. The second-order valence-electron chi connectivity index (χ2n) is 5.09. The van der Waals surface area contributed by atoms with Gasteiger partial charge in [-0.15, -0.1) is 0 Å². The summed E-state index contributed by atoms with van der Waals surface area (Å²) in [6, 6.07) is 19.5. The molecule has 2 aromatic carbocycles. The predicted molar refractivity (Wildman–Crippen MR) is 79.8 cm³/mol. The van der Waals surface area contributed by atoms with Gasteiger partial charge in [0, 0.05) is 17.3 Å². The van der Waals surface area contributed by atoms with E-state index in [9.17, 15) is 0 Å². The maximum absolute atomic E-state index is 3.61. The molecule has 0 amide bonds. The molecule has 0 fully saturated rings. The van der Waals surface area contributed by atoms with E-state index >= 15 is 0 Å². The topological polar surface area (TPSA) is 12.0 Å². The SMILES string of the molecule is CC(C)C(C)Nc1ccccc1-c1ccccc1. The maximum Gasteiger partial charge on any atom is 0.0422 e. The molecule has 0 bridgehead atoms. The molecule has 94 valence electrons. The van der Waals surface area contributed by atoms with Gasteiger partial charge in [0.2, 0.25) is 0 Å². The summed E-state index contributed by atoms with van der Waals surface area (Å²) in [5, 5.41) is 3.61. The number of hydrogen-bond donors (Lipinski definition) is 1. The Morgan fingerprint density at radius 1 is 0.778 bits per heavy atom. The Morgan fingerprint density at radius 2 is 1.39 bits per heavy atom. The second-order valence-corrected chi connectivity index (χ2v) is 5.09. The molecule has 1 atom stereocenters. The summed E-state index contributed by atoms with van der Waals surface area (Å²) < 4.78 is 0. The third-order valence-corrected chi connectivity index (χ3v) is 3.40. The van der Waals surface area contributed by atoms with Crippen LogP contribution in [0.1, 0.15) is 20.8 Å². The number of rotatable bonds is 4. The average Bonchev–Trinajstić information content (AvgIpc) is 2.40. The van der Waals surface area contributed by atoms with Crippen LogP contribution in [0.2, 0.25) is 0 Å². The summed E-state index contributed by atoms with van der Waals surface area (Å²) in [5.41, 5.74) is 3.74. The van der Waals surface area contributed by atoms with Gasteiger partial charge in [-0.25, -0.2) is 0 Å². The van der Waals surface area contributed by atoms with Gasteiger partial charge in [0.25, 0.3) is 0 Å². The molecule has 0 radical (unpaired) electrons. The van der Waals surface area contributed by atoms with Crippen molar-refractivity contribution in [3.8, 4) is 11.1 Å². The fraction of sp³-hybridized carbons (Fsp3) is 0.294. The Hall–Kier alpha value is -1.76. The largest absolute Gasteiger partial charge is 0.382 e. The van der Waals surface area contributed by atoms with E-state index in [1.807, 2.05) is 0 Å². The highest BCUT2D eigenvalue weighted by Gasteiger charge is 2.09. The summed E-state index contributed by atoms with van der Waals surface area (Å²) in [6.45, 7) is 6.71. The lowest BCUT2D eigenvalue weighted by molar-refractivity contribution is 0.560. The van der Waals surface area contributed by atoms with E-state index in [0.717, 1.165) is 0 Å². The van der Waals surface area contributed by atoms with Crippen LogP contribution in [0.15, 0.2) is 54.6 Å². The molecule has 0 aliphatic heterocycles. The molecule has 0 aliphatic rings. The molecule has 18 heavy (non-hydrogen) atoms. The van der Waals surface area contributed by atoms with E-state index in [2.05, 4.69) is 80.7 Å². The molecule has 0 heterocycles. The van der Waals surface area contributed by atoms with Crippen LogP contribution in [0.25, 0.3) is 11.1 Å². The molecule has 2 aromatic rings. The van der Waals surface area contributed by atoms with E-state index < -0.39 is 0 Å². The van der Waals surface area contributed by atoms with Gasteiger partial charge in [0.1, 0.15) is 0 Å². The first kappa shape index (κ1) is 12.7. The lowest BCUT2D eigenvalue weighted by Crippen LogP contribution is -2.21. The zero-order valence-electron chi connectivity index (χ0n) is 11.4. The van der Waals surface area contributed by atoms with Crippen LogP contribution in [-0.2, 0) is 0 Å². The summed E-state index contributed by atoms with van der Waals surface area (Å²) in [6.07, 6.45) is 0. The van der Waals surface area contributed by atoms with Crippen molar-refractivity contribution in [2.24, 2.45) is 5.92 Å². The first-order valence-electron chi connectivity index (χ1n) is 6.59. The van der Waals surface area contributed by atoms with Crippen molar-refractivity contribution >= 4 is 5.69 Å². The molecule has 0 aliphatic carbocycles. The third-order valence-electron chi connectivity index (χ3n) is 3.40. The Balaban J connectivity index is 2.32. The zero-order chi connectivity index (χ0) is 13.0. The Kier molecular flexibility index (Phi) is 4.03. The molecule has 1 nitrogen and oxygen atoms in total. The van der Waals surface area contributed by atoms with Crippen molar-refractivity contribution in [2.75, 3.05) is 5.32 Å². The first-order chi connectivity index (χ1) is 8.68. The average molecular weight is 239 g/mol. The Labute approximate surface area is 110 Å². The van der Waals surface area contributed by atoms with E-state index in [1.165, 1.54) is 16.8 Å². The van der Waals surface area contributed by atoms with Crippen LogP contribution in [-0.4, -0.2) is 6.04 Å². The lowest BCUT2D eigenvalue weighted by atomic mass is 10.0.